The molecule has 0 aromatic heterocycles. The van der Waals surface area contributed by atoms with E-state index >= 15 is 0 Å². The highest BCUT2D eigenvalue weighted by Crippen LogP contribution is 2.20. The van der Waals surface area contributed by atoms with E-state index in [2.05, 4.69) is 10.6 Å². The molecule has 110 valence electrons. The van der Waals surface area contributed by atoms with Gasteiger partial charge in [-0.1, -0.05) is 6.07 Å². The molecule has 0 bridgehead atoms. The summed E-state index contributed by atoms with van der Waals surface area (Å²) in [5.74, 6) is -2.03. The molecule has 6 heteroatoms. The SMILES string of the molecule is CC1(NCC(=O)Nc2c(F)cccc2F)CCOCC1. The van der Waals surface area contributed by atoms with Gasteiger partial charge in [0.1, 0.15) is 17.3 Å². The van der Waals surface area contributed by atoms with Gasteiger partial charge in [-0.15, -0.1) is 0 Å². The molecule has 1 aromatic rings. The van der Waals surface area contributed by atoms with Crippen molar-refractivity contribution in [1.29, 1.82) is 0 Å². The second-order valence-electron chi connectivity index (χ2n) is 5.17. The highest BCUT2D eigenvalue weighted by molar-refractivity contribution is 5.92. The molecule has 0 saturated carbocycles. The van der Waals surface area contributed by atoms with E-state index in [1.54, 1.807) is 0 Å². The number of benzene rings is 1. The molecular weight excluding hydrogens is 266 g/mol. The van der Waals surface area contributed by atoms with E-state index in [1.807, 2.05) is 6.92 Å². The van der Waals surface area contributed by atoms with Crippen LogP contribution in [0.1, 0.15) is 19.8 Å². The summed E-state index contributed by atoms with van der Waals surface area (Å²) >= 11 is 0. The monoisotopic (exact) mass is 284 g/mol. The minimum absolute atomic E-state index is 0.00424. The molecule has 20 heavy (non-hydrogen) atoms. The molecule has 1 fully saturated rings. The van der Waals surface area contributed by atoms with Crippen LogP contribution in [0.25, 0.3) is 0 Å². The summed E-state index contributed by atoms with van der Waals surface area (Å²) in [6, 6.07) is 3.46. The average Bonchev–Trinajstić information content (AvgIpc) is 2.42. The first-order valence-corrected chi connectivity index (χ1v) is 6.57. The summed E-state index contributed by atoms with van der Waals surface area (Å²) in [7, 11) is 0. The number of para-hydroxylation sites is 1. The molecule has 1 aliphatic heterocycles. The molecule has 2 N–H and O–H groups in total. The minimum atomic E-state index is -0.782. The van der Waals surface area contributed by atoms with Crippen molar-refractivity contribution in [2.24, 2.45) is 0 Å². The Morgan fingerprint density at radius 3 is 2.50 bits per heavy atom. The van der Waals surface area contributed by atoms with Gasteiger partial charge in [0.2, 0.25) is 5.91 Å². The molecule has 1 amide bonds. The Bertz CT molecular complexity index is 468. The summed E-state index contributed by atoms with van der Waals surface area (Å²) in [5.41, 5.74) is -0.583. The van der Waals surface area contributed by atoms with Gasteiger partial charge in [-0.3, -0.25) is 4.79 Å². The Morgan fingerprint density at radius 2 is 1.90 bits per heavy atom. The third kappa shape index (κ3) is 3.74. The maximum Gasteiger partial charge on any atom is 0.238 e. The van der Waals surface area contributed by atoms with Crippen molar-refractivity contribution in [1.82, 2.24) is 5.32 Å². The van der Waals surface area contributed by atoms with Crippen LogP contribution in [0.15, 0.2) is 18.2 Å². The van der Waals surface area contributed by atoms with E-state index in [1.165, 1.54) is 6.07 Å². The van der Waals surface area contributed by atoms with Crippen LogP contribution in [0.3, 0.4) is 0 Å². The third-order valence-corrected chi connectivity index (χ3v) is 3.50. The highest BCUT2D eigenvalue weighted by Gasteiger charge is 2.27. The van der Waals surface area contributed by atoms with Gasteiger partial charge in [0.25, 0.3) is 0 Å². The Hall–Kier alpha value is -1.53. The fourth-order valence-corrected chi connectivity index (χ4v) is 2.09. The third-order valence-electron chi connectivity index (χ3n) is 3.50. The molecule has 0 atom stereocenters. The number of nitrogens with one attached hydrogen (secondary N) is 2. The molecule has 1 aliphatic rings. The minimum Gasteiger partial charge on any atom is -0.381 e. The summed E-state index contributed by atoms with van der Waals surface area (Å²) in [5, 5.41) is 5.37. The van der Waals surface area contributed by atoms with Crippen LogP contribution in [0, 0.1) is 11.6 Å². The predicted octanol–water partition coefficient (Wildman–Crippen LogP) is 2.06. The van der Waals surface area contributed by atoms with Gasteiger partial charge in [-0.2, -0.15) is 0 Å². The van der Waals surface area contributed by atoms with Crippen molar-refractivity contribution in [3.8, 4) is 0 Å². The van der Waals surface area contributed by atoms with E-state index < -0.39 is 23.2 Å². The van der Waals surface area contributed by atoms with Crippen LogP contribution < -0.4 is 10.6 Å². The van der Waals surface area contributed by atoms with E-state index in [0.29, 0.717) is 13.2 Å². The number of carbonyl (C=O) groups is 1. The van der Waals surface area contributed by atoms with Crippen LogP contribution in [0.2, 0.25) is 0 Å². The maximum absolute atomic E-state index is 13.4. The van der Waals surface area contributed by atoms with Crippen LogP contribution in [0.4, 0.5) is 14.5 Å². The molecule has 0 radical (unpaired) electrons. The van der Waals surface area contributed by atoms with Crippen LogP contribution >= 0.6 is 0 Å². The van der Waals surface area contributed by atoms with Gasteiger partial charge in [0, 0.05) is 18.8 Å². The molecule has 1 heterocycles. The molecule has 1 saturated heterocycles. The van der Waals surface area contributed by atoms with Crippen LogP contribution in [0.5, 0.6) is 0 Å². The van der Waals surface area contributed by atoms with Gasteiger partial charge in [0.05, 0.1) is 6.54 Å². The molecule has 0 spiro atoms. The number of hydrogen-bond donors (Lipinski definition) is 2. The number of amides is 1. The first-order valence-electron chi connectivity index (χ1n) is 6.57. The summed E-state index contributed by atoms with van der Waals surface area (Å²) < 4.78 is 32.0. The van der Waals surface area contributed by atoms with E-state index in [4.69, 9.17) is 4.74 Å². The molecule has 0 aliphatic carbocycles. The number of carbonyl (C=O) groups excluding carboxylic acids is 1. The molecule has 0 unspecified atom stereocenters. The van der Waals surface area contributed by atoms with E-state index in [9.17, 15) is 13.6 Å². The van der Waals surface area contributed by atoms with Crippen molar-refractivity contribution in [2.75, 3.05) is 25.1 Å². The van der Waals surface area contributed by atoms with E-state index in [0.717, 1.165) is 25.0 Å². The van der Waals surface area contributed by atoms with Gasteiger partial charge in [-0.05, 0) is 31.9 Å². The zero-order chi connectivity index (χ0) is 14.6. The smallest absolute Gasteiger partial charge is 0.238 e. The van der Waals surface area contributed by atoms with Gasteiger partial charge in [0.15, 0.2) is 0 Å². The Balaban J connectivity index is 1.89. The van der Waals surface area contributed by atoms with Crippen molar-refractivity contribution in [2.45, 2.75) is 25.3 Å². The maximum atomic E-state index is 13.4. The first-order chi connectivity index (χ1) is 9.50. The molecule has 4 nitrogen and oxygen atoms in total. The quantitative estimate of drug-likeness (QED) is 0.890. The number of ether oxygens (including phenoxy) is 1. The second-order valence-corrected chi connectivity index (χ2v) is 5.17. The number of halogens is 2. The topological polar surface area (TPSA) is 50.4 Å². The van der Waals surface area contributed by atoms with Crippen molar-refractivity contribution >= 4 is 11.6 Å². The summed E-state index contributed by atoms with van der Waals surface area (Å²) in [6.07, 6.45) is 1.60. The lowest BCUT2D eigenvalue weighted by Crippen LogP contribution is -2.49. The van der Waals surface area contributed by atoms with Gasteiger partial charge >= 0.3 is 0 Å². The second kappa shape index (κ2) is 6.28. The molecular formula is C14H18F2N2O2. The lowest BCUT2D eigenvalue weighted by molar-refractivity contribution is -0.116. The molecule has 2 rings (SSSR count). The predicted molar refractivity (Wildman–Crippen MR) is 71.4 cm³/mol. The van der Waals surface area contributed by atoms with Crippen molar-refractivity contribution in [3.05, 3.63) is 29.8 Å². The number of anilines is 1. The molecule has 1 aromatic carbocycles. The Kier molecular flexibility index (Phi) is 4.67. The lowest BCUT2D eigenvalue weighted by atomic mass is 9.92. The fraction of sp³-hybridized carbons (Fsp3) is 0.500. The summed E-state index contributed by atoms with van der Waals surface area (Å²) in [6.45, 7) is 3.30. The average molecular weight is 284 g/mol. The first kappa shape index (κ1) is 14.9. The normalized spacial score (nSPS) is 17.8. The Morgan fingerprint density at radius 1 is 1.30 bits per heavy atom. The largest absolute Gasteiger partial charge is 0.381 e. The highest BCUT2D eigenvalue weighted by atomic mass is 19.1. The fourth-order valence-electron chi connectivity index (χ4n) is 2.09. The van der Waals surface area contributed by atoms with Crippen molar-refractivity contribution in [3.63, 3.8) is 0 Å². The van der Waals surface area contributed by atoms with Crippen LogP contribution in [-0.2, 0) is 9.53 Å². The zero-order valence-electron chi connectivity index (χ0n) is 11.3. The zero-order valence-corrected chi connectivity index (χ0v) is 11.3. The van der Waals surface area contributed by atoms with Crippen LogP contribution in [-0.4, -0.2) is 31.2 Å². The number of rotatable bonds is 4. The van der Waals surface area contributed by atoms with Crippen molar-refractivity contribution < 1.29 is 18.3 Å². The standard InChI is InChI=1S/C14H18F2N2O2/c1-14(5-7-20-8-6-14)17-9-12(19)18-13-10(15)3-2-4-11(13)16/h2-4,17H,5-9H2,1H3,(H,18,19). The summed E-state index contributed by atoms with van der Waals surface area (Å²) in [4.78, 5) is 11.8. The lowest BCUT2D eigenvalue weighted by Gasteiger charge is -2.34. The Labute approximate surface area is 116 Å². The van der Waals surface area contributed by atoms with Gasteiger partial charge in [-0.25, -0.2) is 8.78 Å². The van der Waals surface area contributed by atoms with Gasteiger partial charge < -0.3 is 15.4 Å². The number of hydrogen-bond acceptors (Lipinski definition) is 3. The van der Waals surface area contributed by atoms with E-state index in [-0.39, 0.29) is 12.1 Å².